The van der Waals surface area contributed by atoms with Crippen LogP contribution < -0.4 is 0 Å². The Kier molecular flexibility index (Phi) is 1.98. The number of fused-ring (bicyclic) bond motifs is 1. The van der Waals surface area contributed by atoms with Gasteiger partial charge < -0.3 is 4.90 Å². The van der Waals surface area contributed by atoms with Gasteiger partial charge in [-0.1, -0.05) is 24.3 Å². The summed E-state index contributed by atoms with van der Waals surface area (Å²) in [5.74, 6) is 1.17. The first-order chi connectivity index (χ1) is 6.20. The fraction of sp³-hybridized carbons (Fsp3) is 0.545. The van der Waals surface area contributed by atoms with E-state index in [2.05, 4.69) is 55.0 Å². The van der Waals surface area contributed by atoms with Crippen molar-refractivity contribution in [2.45, 2.75) is 38.9 Å². The lowest BCUT2D eigenvalue weighted by Gasteiger charge is -2.31. The standard InChI is InChI=1S/C11H16N2/c1-8(2)13-9(3)12-10-6-4-5-7-11(10)13/h4-8,10-11H,1-3H3. The van der Waals surface area contributed by atoms with Crippen LogP contribution in [0.15, 0.2) is 29.3 Å². The van der Waals surface area contributed by atoms with Crippen LogP contribution >= 0.6 is 0 Å². The number of allylic oxidation sites excluding steroid dienone is 2. The van der Waals surface area contributed by atoms with Gasteiger partial charge >= 0.3 is 0 Å². The van der Waals surface area contributed by atoms with Crippen LogP contribution in [0.5, 0.6) is 0 Å². The lowest BCUT2D eigenvalue weighted by atomic mass is 10.0. The summed E-state index contributed by atoms with van der Waals surface area (Å²) in [5.41, 5.74) is 0. The second kappa shape index (κ2) is 3.02. The Morgan fingerprint density at radius 2 is 2.00 bits per heavy atom. The first kappa shape index (κ1) is 8.54. The molecule has 70 valence electrons. The highest BCUT2D eigenvalue weighted by atomic mass is 15.3. The van der Waals surface area contributed by atoms with Crippen LogP contribution in [0, 0.1) is 0 Å². The largest absolute Gasteiger partial charge is 0.349 e. The molecule has 2 unspecified atom stereocenters. The fourth-order valence-electron chi connectivity index (χ4n) is 2.18. The van der Waals surface area contributed by atoms with Gasteiger partial charge in [-0.05, 0) is 20.8 Å². The quantitative estimate of drug-likeness (QED) is 0.596. The Labute approximate surface area is 79.7 Å². The predicted molar refractivity (Wildman–Crippen MR) is 55.9 cm³/mol. The third-order valence-corrected chi connectivity index (χ3v) is 2.66. The van der Waals surface area contributed by atoms with Crippen LogP contribution in [0.2, 0.25) is 0 Å². The van der Waals surface area contributed by atoms with Crippen LogP contribution in [-0.2, 0) is 0 Å². The lowest BCUT2D eigenvalue weighted by molar-refractivity contribution is 0.309. The molecule has 2 rings (SSSR count). The molecule has 13 heavy (non-hydrogen) atoms. The third-order valence-electron chi connectivity index (χ3n) is 2.66. The molecule has 0 saturated carbocycles. The van der Waals surface area contributed by atoms with Gasteiger partial charge in [-0.25, -0.2) is 0 Å². The molecule has 2 heteroatoms. The average molecular weight is 176 g/mol. The van der Waals surface area contributed by atoms with Gasteiger partial charge in [-0.15, -0.1) is 0 Å². The first-order valence-corrected chi connectivity index (χ1v) is 4.88. The minimum Gasteiger partial charge on any atom is -0.349 e. The Hall–Kier alpha value is -1.05. The van der Waals surface area contributed by atoms with Crippen molar-refractivity contribution in [1.82, 2.24) is 4.90 Å². The van der Waals surface area contributed by atoms with Crippen molar-refractivity contribution in [3.8, 4) is 0 Å². The zero-order valence-corrected chi connectivity index (χ0v) is 8.44. The Bertz CT molecular complexity index is 286. The molecule has 1 heterocycles. The van der Waals surface area contributed by atoms with E-state index in [9.17, 15) is 0 Å². The van der Waals surface area contributed by atoms with E-state index in [1.165, 1.54) is 5.84 Å². The van der Waals surface area contributed by atoms with Gasteiger partial charge in [0.05, 0.1) is 17.9 Å². The van der Waals surface area contributed by atoms with Crippen molar-refractivity contribution >= 4 is 5.84 Å². The monoisotopic (exact) mass is 176 g/mol. The third kappa shape index (κ3) is 1.30. The van der Waals surface area contributed by atoms with Gasteiger partial charge in [-0.2, -0.15) is 0 Å². The molecule has 1 aliphatic carbocycles. The average Bonchev–Trinajstić information content (AvgIpc) is 2.39. The maximum absolute atomic E-state index is 4.62. The highest BCUT2D eigenvalue weighted by molar-refractivity contribution is 5.83. The maximum Gasteiger partial charge on any atom is 0.0974 e. The van der Waals surface area contributed by atoms with Crippen LogP contribution in [0.4, 0.5) is 0 Å². The fourth-order valence-corrected chi connectivity index (χ4v) is 2.18. The minimum absolute atomic E-state index is 0.354. The lowest BCUT2D eigenvalue weighted by Crippen LogP contribution is -2.42. The van der Waals surface area contributed by atoms with Crippen LogP contribution in [0.25, 0.3) is 0 Å². The van der Waals surface area contributed by atoms with E-state index in [-0.39, 0.29) is 0 Å². The van der Waals surface area contributed by atoms with Gasteiger partial charge in [0.2, 0.25) is 0 Å². The van der Waals surface area contributed by atoms with Crippen molar-refractivity contribution in [3.63, 3.8) is 0 Å². The highest BCUT2D eigenvalue weighted by Crippen LogP contribution is 2.24. The zero-order chi connectivity index (χ0) is 9.42. The van der Waals surface area contributed by atoms with Gasteiger partial charge in [0, 0.05) is 6.04 Å². The van der Waals surface area contributed by atoms with E-state index in [0.29, 0.717) is 18.1 Å². The molecule has 2 nitrogen and oxygen atoms in total. The molecule has 0 aromatic heterocycles. The molecule has 0 fully saturated rings. The molecule has 1 aliphatic heterocycles. The van der Waals surface area contributed by atoms with Gasteiger partial charge in [-0.3, -0.25) is 4.99 Å². The normalized spacial score (nSPS) is 31.1. The summed E-state index contributed by atoms with van der Waals surface area (Å²) in [7, 11) is 0. The van der Waals surface area contributed by atoms with Crippen molar-refractivity contribution in [3.05, 3.63) is 24.3 Å². The first-order valence-electron chi connectivity index (χ1n) is 4.88. The predicted octanol–water partition coefficient (Wildman–Crippen LogP) is 1.99. The van der Waals surface area contributed by atoms with Crippen LogP contribution in [0.3, 0.4) is 0 Å². The Morgan fingerprint density at radius 1 is 1.31 bits per heavy atom. The van der Waals surface area contributed by atoms with E-state index in [1.807, 2.05) is 0 Å². The summed E-state index contributed by atoms with van der Waals surface area (Å²) < 4.78 is 0. The van der Waals surface area contributed by atoms with Crippen molar-refractivity contribution < 1.29 is 0 Å². The number of nitrogens with zero attached hydrogens (tertiary/aromatic N) is 2. The summed E-state index contributed by atoms with van der Waals surface area (Å²) in [5, 5.41) is 0. The van der Waals surface area contributed by atoms with Crippen LogP contribution in [0.1, 0.15) is 20.8 Å². The van der Waals surface area contributed by atoms with Crippen LogP contribution in [-0.4, -0.2) is 28.9 Å². The molecular formula is C11H16N2. The summed E-state index contributed by atoms with van der Waals surface area (Å²) in [4.78, 5) is 7.00. The Morgan fingerprint density at radius 3 is 2.69 bits per heavy atom. The molecule has 0 N–H and O–H groups in total. The molecule has 0 bridgehead atoms. The number of hydrogen-bond acceptors (Lipinski definition) is 2. The second-order valence-electron chi connectivity index (χ2n) is 3.93. The molecule has 0 spiro atoms. The molecule has 2 aliphatic rings. The second-order valence-corrected chi connectivity index (χ2v) is 3.93. The maximum atomic E-state index is 4.62. The molecule has 0 saturated heterocycles. The number of aliphatic imine (C=N–C) groups is 1. The molecule has 0 amide bonds. The SMILES string of the molecule is CC1=NC2C=CC=CC2N1C(C)C. The minimum atomic E-state index is 0.354. The molecule has 2 atom stereocenters. The van der Waals surface area contributed by atoms with E-state index in [0.717, 1.165) is 0 Å². The number of hydrogen-bond donors (Lipinski definition) is 0. The van der Waals surface area contributed by atoms with E-state index in [4.69, 9.17) is 0 Å². The number of rotatable bonds is 1. The van der Waals surface area contributed by atoms with E-state index >= 15 is 0 Å². The summed E-state index contributed by atoms with van der Waals surface area (Å²) in [6.45, 7) is 6.53. The zero-order valence-electron chi connectivity index (χ0n) is 8.44. The summed E-state index contributed by atoms with van der Waals surface area (Å²) in [6.07, 6.45) is 8.62. The van der Waals surface area contributed by atoms with Gasteiger partial charge in [0.25, 0.3) is 0 Å². The highest BCUT2D eigenvalue weighted by Gasteiger charge is 2.32. The summed E-state index contributed by atoms with van der Waals surface area (Å²) >= 11 is 0. The molecule has 0 aromatic carbocycles. The van der Waals surface area contributed by atoms with E-state index in [1.54, 1.807) is 0 Å². The van der Waals surface area contributed by atoms with E-state index < -0.39 is 0 Å². The van der Waals surface area contributed by atoms with Gasteiger partial charge in [0.1, 0.15) is 0 Å². The molecule has 0 radical (unpaired) electrons. The van der Waals surface area contributed by atoms with Crippen molar-refractivity contribution in [2.75, 3.05) is 0 Å². The van der Waals surface area contributed by atoms with Crippen molar-refractivity contribution in [2.24, 2.45) is 4.99 Å². The smallest absolute Gasteiger partial charge is 0.0974 e. The number of amidine groups is 1. The molecule has 0 aromatic rings. The molecular weight excluding hydrogens is 160 g/mol. The topological polar surface area (TPSA) is 15.6 Å². The van der Waals surface area contributed by atoms with Gasteiger partial charge in [0.15, 0.2) is 0 Å². The summed E-state index contributed by atoms with van der Waals surface area (Å²) in [6, 6.07) is 1.35. The van der Waals surface area contributed by atoms with Crippen molar-refractivity contribution in [1.29, 1.82) is 0 Å². The Balaban J connectivity index is 2.27.